The van der Waals surface area contributed by atoms with Crippen molar-refractivity contribution in [1.82, 2.24) is 9.88 Å². The number of hydrogen-bond acceptors (Lipinski definition) is 4. The van der Waals surface area contributed by atoms with E-state index in [0.29, 0.717) is 5.56 Å². The fourth-order valence-corrected chi connectivity index (χ4v) is 4.50. The Morgan fingerprint density at radius 3 is 2.74 bits per heavy atom. The zero-order valence-corrected chi connectivity index (χ0v) is 15.4. The Kier molecular flexibility index (Phi) is 4.83. The van der Waals surface area contributed by atoms with Crippen LogP contribution in [0.3, 0.4) is 0 Å². The first-order valence-electron chi connectivity index (χ1n) is 9.51. The first kappa shape index (κ1) is 17.9. The number of carbonyl (C=O) groups excluding carboxylic acids is 1. The molecule has 5 nitrogen and oxygen atoms in total. The van der Waals surface area contributed by atoms with Gasteiger partial charge in [0.2, 0.25) is 5.91 Å². The SMILES string of the molecule is NC(=O)c1ccnc(N2CCC3(CCCN(Cc4ccc(F)cc4)C3)C2)c1. The van der Waals surface area contributed by atoms with Gasteiger partial charge in [0, 0.05) is 43.4 Å². The molecule has 6 heteroatoms. The lowest BCUT2D eigenvalue weighted by atomic mass is 9.79. The van der Waals surface area contributed by atoms with Crippen molar-refractivity contribution in [3.8, 4) is 0 Å². The van der Waals surface area contributed by atoms with Gasteiger partial charge in [-0.25, -0.2) is 9.37 Å². The number of carbonyl (C=O) groups is 1. The van der Waals surface area contributed by atoms with E-state index < -0.39 is 5.91 Å². The van der Waals surface area contributed by atoms with Crippen LogP contribution in [0.2, 0.25) is 0 Å². The number of amides is 1. The van der Waals surface area contributed by atoms with Gasteiger partial charge in [-0.2, -0.15) is 0 Å². The average Bonchev–Trinajstić information content (AvgIpc) is 3.07. The van der Waals surface area contributed by atoms with E-state index >= 15 is 0 Å². The molecule has 2 aliphatic rings. The lowest BCUT2D eigenvalue weighted by Crippen LogP contribution is -2.44. The largest absolute Gasteiger partial charge is 0.366 e. The number of primary amides is 1. The third-order valence-corrected chi connectivity index (χ3v) is 5.85. The minimum Gasteiger partial charge on any atom is -0.366 e. The number of piperidine rings is 1. The topological polar surface area (TPSA) is 62.5 Å². The van der Waals surface area contributed by atoms with E-state index in [9.17, 15) is 9.18 Å². The maximum atomic E-state index is 13.1. The zero-order chi connectivity index (χ0) is 18.9. The molecule has 0 aliphatic carbocycles. The molecule has 2 aromatic rings. The van der Waals surface area contributed by atoms with Crippen LogP contribution < -0.4 is 10.6 Å². The van der Waals surface area contributed by atoms with Crippen LogP contribution in [0.4, 0.5) is 10.2 Å². The predicted molar refractivity (Wildman–Crippen MR) is 103 cm³/mol. The van der Waals surface area contributed by atoms with Gasteiger partial charge in [0.1, 0.15) is 11.6 Å². The van der Waals surface area contributed by atoms with Gasteiger partial charge in [0.25, 0.3) is 0 Å². The molecule has 1 spiro atoms. The maximum Gasteiger partial charge on any atom is 0.248 e. The monoisotopic (exact) mass is 368 g/mol. The number of nitrogens with two attached hydrogens (primary N) is 1. The first-order valence-corrected chi connectivity index (χ1v) is 9.51. The van der Waals surface area contributed by atoms with E-state index in [0.717, 1.165) is 50.5 Å². The number of pyridine rings is 1. The molecule has 4 rings (SSSR count). The highest BCUT2D eigenvalue weighted by molar-refractivity contribution is 5.93. The van der Waals surface area contributed by atoms with Crippen molar-refractivity contribution in [2.75, 3.05) is 31.1 Å². The van der Waals surface area contributed by atoms with Crippen molar-refractivity contribution < 1.29 is 9.18 Å². The second kappa shape index (κ2) is 7.27. The van der Waals surface area contributed by atoms with Crippen molar-refractivity contribution in [2.45, 2.75) is 25.8 Å². The molecule has 2 saturated heterocycles. The summed E-state index contributed by atoms with van der Waals surface area (Å²) in [7, 11) is 0. The molecule has 142 valence electrons. The quantitative estimate of drug-likeness (QED) is 0.901. The molecule has 2 aliphatic heterocycles. The van der Waals surface area contributed by atoms with Crippen LogP contribution in [0.25, 0.3) is 0 Å². The molecule has 1 aromatic heterocycles. The maximum absolute atomic E-state index is 13.1. The molecule has 3 heterocycles. The molecule has 0 bridgehead atoms. The number of anilines is 1. The lowest BCUT2D eigenvalue weighted by molar-refractivity contribution is 0.0991. The number of aromatic nitrogens is 1. The molecule has 1 amide bonds. The van der Waals surface area contributed by atoms with Crippen LogP contribution in [0.15, 0.2) is 42.6 Å². The second-order valence-electron chi connectivity index (χ2n) is 7.88. The van der Waals surface area contributed by atoms with Crippen molar-refractivity contribution in [1.29, 1.82) is 0 Å². The number of benzene rings is 1. The Morgan fingerprint density at radius 1 is 1.15 bits per heavy atom. The first-order chi connectivity index (χ1) is 13.0. The summed E-state index contributed by atoms with van der Waals surface area (Å²) in [5.41, 5.74) is 7.31. The summed E-state index contributed by atoms with van der Waals surface area (Å²) in [5, 5.41) is 0. The van der Waals surface area contributed by atoms with E-state index in [-0.39, 0.29) is 11.2 Å². The molecule has 1 aromatic carbocycles. The second-order valence-corrected chi connectivity index (χ2v) is 7.88. The Balaban J connectivity index is 1.44. The summed E-state index contributed by atoms with van der Waals surface area (Å²) in [6.07, 6.45) is 5.15. The highest BCUT2D eigenvalue weighted by atomic mass is 19.1. The van der Waals surface area contributed by atoms with E-state index in [1.54, 1.807) is 18.3 Å². The highest BCUT2D eigenvalue weighted by Crippen LogP contribution is 2.40. The molecule has 2 fully saturated rings. The minimum absolute atomic E-state index is 0.189. The third kappa shape index (κ3) is 3.95. The van der Waals surface area contributed by atoms with Crippen LogP contribution in [0, 0.1) is 11.2 Å². The highest BCUT2D eigenvalue weighted by Gasteiger charge is 2.41. The van der Waals surface area contributed by atoms with Crippen molar-refractivity contribution in [3.63, 3.8) is 0 Å². The predicted octanol–water partition coefficient (Wildman–Crippen LogP) is 2.81. The van der Waals surface area contributed by atoms with Gasteiger partial charge < -0.3 is 10.6 Å². The molecule has 1 atom stereocenters. The van der Waals surface area contributed by atoms with Gasteiger partial charge in [0.05, 0.1) is 0 Å². The van der Waals surface area contributed by atoms with Gasteiger partial charge in [-0.3, -0.25) is 9.69 Å². The summed E-state index contributed by atoms with van der Waals surface area (Å²) in [4.78, 5) is 20.6. The number of halogens is 1. The number of rotatable bonds is 4. The van der Waals surface area contributed by atoms with E-state index in [1.165, 1.54) is 25.0 Å². The minimum atomic E-state index is -0.421. The van der Waals surface area contributed by atoms with E-state index in [1.807, 2.05) is 12.1 Å². The van der Waals surface area contributed by atoms with Crippen molar-refractivity contribution in [3.05, 3.63) is 59.5 Å². The molecule has 0 saturated carbocycles. The summed E-state index contributed by atoms with van der Waals surface area (Å²) in [6, 6.07) is 10.3. The number of hydrogen-bond donors (Lipinski definition) is 1. The summed E-state index contributed by atoms with van der Waals surface area (Å²) in [6.45, 7) is 4.87. The van der Waals surface area contributed by atoms with Crippen molar-refractivity contribution in [2.24, 2.45) is 11.1 Å². The van der Waals surface area contributed by atoms with Crippen LogP contribution >= 0.6 is 0 Å². The molecule has 27 heavy (non-hydrogen) atoms. The molecule has 0 radical (unpaired) electrons. The van der Waals surface area contributed by atoms with Crippen molar-refractivity contribution >= 4 is 11.7 Å². The fraction of sp³-hybridized carbons (Fsp3) is 0.429. The van der Waals surface area contributed by atoms with Gasteiger partial charge >= 0.3 is 0 Å². The third-order valence-electron chi connectivity index (χ3n) is 5.85. The van der Waals surface area contributed by atoms with Crippen LogP contribution in [-0.4, -0.2) is 42.0 Å². The summed E-state index contributed by atoms with van der Waals surface area (Å²) >= 11 is 0. The number of likely N-dealkylation sites (tertiary alicyclic amines) is 1. The zero-order valence-electron chi connectivity index (χ0n) is 15.4. The molecule has 2 N–H and O–H groups in total. The van der Waals surface area contributed by atoms with Crippen LogP contribution in [0.1, 0.15) is 35.2 Å². The standard InChI is InChI=1S/C21H25FN4O/c22-18-4-2-16(3-5-18)13-25-10-1-7-21(14-25)8-11-26(15-21)19-12-17(20(23)27)6-9-24-19/h2-6,9,12H,1,7-8,10-11,13-15H2,(H2,23,27). The Hall–Kier alpha value is -2.47. The molecular weight excluding hydrogens is 343 g/mol. The Bertz CT molecular complexity index is 825. The van der Waals surface area contributed by atoms with Crippen LogP contribution in [0.5, 0.6) is 0 Å². The van der Waals surface area contributed by atoms with E-state index in [2.05, 4.69) is 14.8 Å². The molecule has 1 unspecified atom stereocenters. The summed E-state index contributed by atoms with van der Waals surface area (Å²) < 4.78 is 13.1. The fourth-order valence-electron chi connectivity index (χ4n) is 4.50. The van der Waals surface area contributed by atoms with Gasteiger partial charge in [-0.1, -0.05) is 12.1 Å². The smallest absolute Gasteiger partial charge is 0.248 e. The lowest BCUT2D eigenvalue weighted by Gasteiger charge is -2.40. The van der Waals surface area contributed by atoms with Gasteiger partial charge in [-0.05, 0) is 55.6 Å². The number of nitrogens with zero attached hydrogens (tertiary/aromatic N) is 3. The Labute approximate surface area is 159 Å². The summed E-state index contributed by atoms with van der Waals surface area (Å²) in [5.74, 6) is 0.223. The van der Waals surface area contributed by atoms with Gasteiger partial charge in [-0.15, -0.1) is 0 Å². The van der Waals surface area contributed by atoms with E-state index in [4.69, 9.17) is 5.73 Å². The normalized spacial score (nSPS) is 23.1. The molecular formula is C21H25FN4O. The van der Waals surface area contributed by atoms with Crippen LogP contribution in [-0.2, 0) is 6.54 Å². The Morgan fingerprint density at radius 2 is 1.96 bits per heavy atom. The average molecular weight is 368 g/mol. The van der Waals surface area contributed by atoms with Gasteiger partial charge in [0.15, 0.2) is 0 Å².